The van der Waals surface area contributed by atoms with E-state index in [9.17, 15) is 14.0 Å². The van der Waals surface area contributed by atoms with Gasteiger partial charge in [-0.15, -0.1) is 0 Å². The second kappa shape index (κ2) is 7.95. The van der Waals surface area contributed by atoms with E-state index in [0.717, 1.165) is 32.4 Å². The third-order valence-electron chi connectivity index (χ3n) is 4.34. The van der Waals surface area contributed by atoms with Crippen LogP contribution in [0.15, 0.2) is 36.5 Å². The summed E-state index contributed by atoms with van der Waals surface area (Å²) < 4.78 is 14.4. The van der Waals surface area contributed by atoms with Crippen LogP contribution in [0.5, 0.6) is 0 Å². The van der Waals surface area contributed by atoms with Crippen molar-refractivity contribution in [1.82, 2.24) is 14.7 Å². The molecule has 0 unspecified atom stereocenters. The average Bonchev–Trinajstić information content (AvgIpc) is 3.01. The van der Waals surface area contributed by atoms with E-state index in [0.29, 0.717) is 16.9 Å². The molecule has 1 aromatic heterocycles. The molecule has 0 bridgehead atoms. The number of piperidine rings is 1. The lowest BCUT2D eigenvalue weighted by Gasteiger charge is -2.26. The van der Waals surface area contributed by atoms with Crippen molar-refractivity contribution < 1.29 is 14.0 Å². The number of aromatic nitrogens is 2. The molecule has 2 aromatic rings. The van der Waals surface area contributed by atoms with Gasteiger partial charge < -0.3 is 10.2 Å². The third-order valence-corrected chi connectivity index (χ3v) is 4.34. The number of aryl methyl sites for hydroxylation is 1. The van der Waals surface area contributed by atoms with Gasteiger partial charge in [-0.25, -0.2) is 4.39 Å². The molecule has 1 aliphatic heterocycles. The first-order valence-electron chi connectivity index (χ1n) is 8.60. The van der Waals surface area contributed by atoms with Crippen molar-refractivity contribution in [2.45, 2.75) is 19.3 Å². The van der Waals surface area contributed by atoms with Crippen LogP contribution in [0.3, 0.4) is 0 Å². The monoisotopic (exact) mass is 356 g/mol. The van der Waals surface area contributed by atoms with Gasteiger partial charge in [0.1, 0.15) is 11.5 Å². The van der Waals surface area contributed by atoms with Gasteiger partial charge in [-0.2, -0.15) is 5.10 Å². The maximum Gasteiger partial charge on any atom is 0.274 e. The normalized spacial score (nSPS) is 14.6. The molecule has 1 aromatic carbocycles. The first-order valence-corrected chi connectivity index (χ1v) is 8.60. The molecule has 0 aliphatic carbocycles. The minimum absolute atomic E-state index is 0.123. The Balaban J connectivity index is 1.70. The topological polar surface area (TPSA) is 67.2 Å². The van der Waals surface area contributed by atoms with Crippen LogP contribution < -0.4 is 5.32 Å². The molecule has 1 aliphatic rings. The van der Waals surface area contributed by atoms with Crippen LogP contribution in [0.4, 0.5) is 10.1 Å². The predicted octanol–water partition coefficient (Wildman–Crippen LogP) is 2.84. The van der Waals surface area contributed by atoms with Crippen molar-refractivity contribution in [3.05, 3.63) is 53.6 Å². The molecule has 6 nitrogen and oxygen atoms in total. The van der Waals surface area contributed by atoms with E-state index in [2.05, 4.69) is 10.4 Å². The fourth-order valence-electron chi connectivity index (χ4n) is 2.95. The van der Waals surface area contributed by atoms with Gasteiger partial charge in [0.2, 0.25) is 5.91 Å². The average molecular weight is 356 g/mol. The Labute approximate surface area is 151 Å². The summed E-state index contributed by atoms with van der Waals surface area (Å²) in [5.74, 6) is -0.833. The lowest BCUT2D eigenvalue weighted by molar-refractivity contribution is -0.111. The first kappa shape index (κ1) is 17.8. The summed E-state index contributed by atoms with van der Waals surface area (Å²) in [6.45, 7) is 1.45. The third kappa shape index (κ3) is 4.17. The van der Waals surface area contributed by atoms with E-state index in [1.807, 2.05) is 0 Å². The number of likely N-dealkylation sites (tertiary alicyclic amines) is 1. The van der Waals surface area contributed by atoms with Crippen LogP contribution >= 0.6 is 0 Å². The number of hydrogen-bond donors (Lipinski definition) is 1. The minimum Gasteiger partial charge on any atom is -0.337 e. The van der Waals surface area contributed by atoms with Crippen molar-refractivity contribution in [2.75, 3.05) is 18.4 Å². The van der Waals surface area contributed by atoms with Crippen LogP contribution in [0.25, 0.3) is 6.08 Å². The van der Waals surface area contributed by atoms with Gasteiger partial charge >= 0.3 is 0 Å². The fourth-order valence-corrected chi connectivity index (χ4v) is 2.95. The molecule has 1 fully saturated rings. The summed E-state index contributed by atoms with van der Waals surface area (Å²) in [7, 11) is 1.68. The molecule has 136 valence electrons. The SMILES string of the molecule is Cn1ncc(NC(=O)/C=C/c2ccc(F)cc2)c1C(=O)N1CCCCC1. The highest BCUT2D eigenvalue weighted by molar-refractivity contribution is 6.06. The number of hydrogen-bond acceptors (Lipinski definition) is 3. The number of benzene rings is 1. The zero-order valence-corrected chi connectivity index (χ0v) is 14.6. The Morgan fingerprint density at radius 1 is 1.15 bits per heavy atom. The summed E-state index contributed by atoms with van der Waals surface area (Å²) in [5.41, 5.74) is 1.46. The highest BCUT2D eigenvalue weighted by Gasteiger charge is 2.24. The van der Waals surface area contributed by atoms with Crippen LogP contribution in [0, 0.1) is 5.82 Å². The second-order valence-corrected chi connectivity index (χ2v) is 6.26. The molecule has 3 rings (SSSR count). The Morgan fingerprint density at radius 3 is 2.54 bits per heavy atom. The van der Waals surface area contributed by atoms with Crippen LogP contribution in [0.1, 0.15) is 35.3 Å². The van der Waals surface area contributed by atoms with Crippen molar-refractivity contribution in [3.8, 4) is 0 Å². The summed E-state index contributed by atoms with van der Waals surface area (Å²) in [4.78, 5) is 26.7. The maximum atomic E-state index is 12.9. The van der Waals surface area contributed by atoms with E-state index < -0.39 is 0 Å². The summed E-state index contributed by atoms with van der Waals surface area (Å²) in [6.07, 6.45) is 7.51. The lowest BCUT2D eigenvalue weighted by Crippen LogP contribution is -2.37. The Hall–Kier alpha value is -2.96. The van der Waals surface area contributed by atoms with Crippen molar-refractivity contribution in [3.63, 3.8) is 0 Å². The number of halogens is 1. The summed E-state index contributed by atoms with van der Waals surface area (Å²) in [5, 5.41) is 6.80. The smallest absolute Gasteiger partial charge is 0.274 e. The highest BCUT2D eigenvalue weighted by atomic mass is 19.1. The summed E-state index contributed by atoms with van der Waals surface area (Å²) >= 11 is 0. The predicted molar refractivity (Wildman–Crippen MR) is 97.0 cm³/mol. The molecule has 1 N–H and O–H groups in total. The number of nitrogens with one attached hydrogen (secondary N) is 1. The number of rotatable bonds is 4. The number of nitrogens with zero attached hydrogens (tertiary/aromatic N) is 3. The quantitative estimate of drug-likeness (QED) is 0.857. The van der Waals surface area contributed by atoms with Crippen molar-refractivity contribution in [2.24, 2.45) is 7.05 Å². The molecule has 2 heterocycles. The largest absolute Gasteiger partial charge is 0.337 e. The van der Waals surface area contributed by atoms with E-state index in [-0.39, 0.29) is 17.6 Å². The standard InChI is InChI=1S/C19H21FN4O2/c1-23-18(19(26)24-11-3-2-4-12-24)16(13-21-23)22-17(25)10-7-14-5-8-15(20)9-6-14/h5-10,13H,2-4,11-12H2,1H3,(H,22,25)/b10-7+. The summed E-state index contributed by atoms with van der Waals surface area (Å²) in [6, 6.07) is 5.81. The fraction of sp³-hybridized carbons (Fsp3) is 0.316. The van der Waals surface area contributed by atoms with Gasteiger partial charge in [0.25, 0.3) is 5.91 Å². The molecule has 1 saturated heterocycles. The van der Waals surface area contributed by atoms with Gasteiger partial charge in [-0.1, -0.05) is 12.1 Å². The molecular formula is C19H21FN4O2. The highest BCUT2D eigenvalue weighted by Crippen LogP contribution is 2.19. The van der Waals surface area contributed by atoms with Gasteiger partial charge in [0.15, 0.2) is 0 Å². The van der Waals surface area contributed by atoms with Gasteiger partial charge in [-0.3, -0.25) is 14.3 Å². The Morgan fingerprint density at radius 2 is 1.85 bits per heavy atom. The van der Waals surface area contributed by atoms with E-state index >= 15 is 0 Å². The Bertz CT molecular complexity index is 821. The second-order valence-electron chi connectivity index (χ2n) is 6.26. The van der Waals surface area contributed by atoms with Crippen molar-refractivity contribution >= 4 is 23.6 Å². The molecule has 2 amide bonds. The zero-order valence-electron chi connectivity index (χ0n) is 14.6. The van der Waals surface area contributed by atoms with Crippen molar-refractivity contribution in [1.29, 1.82) is 0 Å². The molecule has 0 spiro atoms. The van der Waals surface area contributed by atoms with E-state index in [4.69, 9.17) is 0 Å². The van der Waals surface area contributed by atoms with Gasteiger partial charge in [0.05, 0.1) is 11.9 Å². The van der Waals surface area contributed by atoms with Crippen LogP contribution in [-0.4, -0.2) is 39.6 Å². The molecule has 0 radical (unpaired) electrons. The minimum atomic E-state index is -0.380. The number of anilines is 1. The number of amides is 2. The zero-order chi connectivity index (χ0) is 18.5. The Kier molecular flexibility index (Phi) is 5.46. The van der Waals surface area contributed by atoms with E-state index in [1.165, 1.54) is 29.1 Å². The maximum absolute atomic E-state index is 12.9. The molecule has 26 heavy (non-hydrogen) atoms. The molecule has 0 atom stereocenters. The van der Waals surface area contributed by atoms with Crippen LogP contribution in [0.2, 0.25) is 0 Å². The van der Waals surface area contributed by atoms with Gasteiger partial charge in [-0.05, 0) is 43.0 Å². The molecule has 7 heteroatoms. The number of carbonyl (C=O) groups excluding carboxylic acids is 2. The number of carbonyl (C=O) groups is 2. The lowest BCUT2D eigenvalue weighted by atomic mass is 10.1. The molecular weight excluding hydrogens is 335 g/mol. The molecule has 0 saturated carbocycles. The van der Waals surface area contributed by atoms with Gasteiger partial charge in [0, 0.05) is 26.2 Å². The van der Waals surface area contributed by atoms with Crippen LogP contribution in [-0.2, 0) is 11.8 Å². The first-order chi connectivity index (χ1) is 12.5. The van der Waals surface area contributed by atoms with E-state index in [1.54, 1.807) is 30.2 Å².